The number of aliphatic imine (C=N–C) groups is 1. The molecule has 1 saturated heterocycles. The van der Waals surface area contributed by atoms with Crippen molar-refractivity contribution in [2.24, 2.45) is 4.99 Å². The molecule has 2 aromatic carbocycles. The van der Waals surface area contributed by atoms with Crippen molar-refractivity contribution in [3.8, 4) is 0 Å². The van der Waals surface area contributed by atoms with E-state index in [0.29, 0.717) is 18.6 Å². The molecule has 0 bridgehead atoms. The Labute approximate surface area is 180 Å². The molecule has 0 spiro atoms. The Morgan fingerprint density at radius 3 is 2.63 bits per heavy atom. The molecule has 1 atom stereocenters. The second kappa shape index (κ2) is 11.7. The molecule has 2 N–H and O–H groups in total. The monoisotopic (exact) mass is 409 g/mol. The molecule has 5 heteroatoms. The van der Waals surface area contributed by atoms with E-state index in [9.17, 15) is 0 Å². The molecule has 1 aliphatic rings. The van der Waals surface area contributed by atoms with Crippen LogP contribution in [0.4, 0.5) is 0 Å². The zero-order valence-corrected chi connectivity index (χ0v) is 18.5. The van der Waals surface area contributed by atoms with Gasteiger partial charge in [0.15, 0.2) is 5.96 Å². The highest BCUT2D eigenvalue weighted by atomic mass is 16.5. The summed E-state index contributed by atoms with van der Waals surface area (Å²) < 4.78 is 11.4. The van der Waals surface area contributed by atoms with E-state index in [2.05, 4.69) is 78.0 Å². The van der Waals surface area contributed by atoms with Gasteiger partial charge in [0, 0.05) is 33.4 Å². The van der Waals surface area contributed by atoms with Gasteiger partial charge in [0.05, 0.1) is 12.7 Å². The maximum atomic E-state index is 6.05. The Morgan fingerprint density at radius 1 is 1.10 bits per heavy atom. The fourth-order valence-corrected chi connectivity index (χ4v) is 3.64. The van der Waals surface area contributed by atoms with E-state index >= 15 is 0 Å². The number of nitrogens with zero attached hydrogens (tertiary/aromatic N) is 1. The highest BCUT2D eigenvalue weighted by molar-refractivity contribution is 5.79. The van der Waals surface area contributed by atoms with Crippen molar-refractivity contribution in [2.75, 3.05) is 26.8 Å². The first-order chi connectivity index (χ1) is 14.6. The number of benzene rings is 2. The Morgan fingerprint density at radius 2 is 1.87 bits per heavy atom. The lowest BCUT2D eigenvalue weighted by atomic mass is 9.99. The number of hydrogen-bond acceptors (Lipinski definition) is 3. The SMILES string of the molecule is CN=C(NCc1cccc(COC2CCOCC2)c1)NCC(C)c1cccc(C)c1. The van der Waals surface area contributed by atoms with Gasteiger partial charge in [0.2, 0.25) is 0 Å². The van der Waals surface area contributed by atoms with Gasteiger partial charge < -0.3 is 20.1 Å². The zero-order chi connectivity index (χ0) is 21.2. The van der Waals surface area contributed by atoms with Crippen LogP contribution in [0, 0.1) is 6.92 Å². The van der Waals surface area contributed by atoms with E-state index in [-0.39, 0.29) is 0 Å². The predicted octanol–water partition coefficient (Wildman–Crippen LogP) is 4.16. The van der Waals surface area contributed by atoms with Crippen molar-refractivity contribution in [1.82, 2.24) is 10.6 Å². The maximum absolute atomic E-state index is 6.05. The maximum Gasteiger partial charge on any atom is 0.191 e. The Balaban J connectivity index is 1.45. The summed E-state index contributed by atoms with van der Waals surface area (Å²) in [5.74, 6) is 1.23. The van der Waals surface area contributed by atoms with Crippen LogP contribution in [0.3, 0.4) is 0 Å². The highest BCUT2D eigenvalue weighted by Crippen LogP contribution is 2.16. The summed E-state index contributed by atoms with van der Waals surface area (Å²) in [4.78, 5) is 4.36. The van der Waals surface area contributed by atoms with Crippen molar-refractivity contribution >= 4 is 5.96 Å². The Hall–Kier alpha value is -2.37. The lowest BCUT2D eigenvalue weighted by molar-refractivity contribution is -0.0390. The van der Waals surface area contributed by atoms with Crippen LogP contribution in [0.25, 0.3) is 0 Å². The van der Waals surface area contributed by atoms with Gasteiger partial charge in [0.1, 0.15) is 0 Å². The van der Waals surface area contributed by atoms with E-state index in [1.54, 1.807) is 0 Å². The minimum absolute atomic E-state index is 0.318. The number of guanidine groups is 1. The van der Waals surface area contributed by atoms with Crippen molar-refractivity contribution < 1.29 is 9.47 Å². The summed E-state index contributed by atoms with van der Waals surface area (Å²) in [5.41, 5.74) is 5.06. The Bertz CT molecular complexity index is 816. The van der Waals surface area contributed by atoms with Crippen molar-refractivity contribution in [3.63, 3.8) is 0 Å². The fourth-order valence-electron chi connectivity index (χ4n) is 3.64. The summed E-state index contributed by atoms with van der Waals surface area (Å²) in [5, 5.41) is 6.86. The Kier molecular flexibility index (Phi) is 8.72. The molecule has 0 amide bonds. The van der Waals surface area contributed by atoms with E-state index < -0.39 is 0 Å². The predicted molar refractivity (Wildman–Crippen MR) is 123 cm³/mol. The van der Waals surface area contributed by atoms with E-state index in [1.807, 2.05) is 7.05 Å². The molecule has 1 heterocycles. The fraction of sp³-hybridized carbons (Fsp3) is 0.480. The minimum atomic E-state index is 0.318. The molecule has 0 radical (unpaired) electrons. The normalized spacial score (nSPS) is 16.3. The molecule has 162 valence electrons. The molecule has 30 heavy (non-hydrogen) atoms. The number of hydrogen-bond donors (Lipinski definition) is 2. The van der Waals surface area contributed by atoms with Gasteiger partial charge >= 0.3 is 0 Å². The molecule has 1 unspecified atom stereocenters. The molecular weight excluding hydrogens is 374 g/mol. The summed E-state index contributed by atoms with van der Waals surface area (Å²) in [6, 6.07) is 17.2. The molecule has 1 aliphatic heterocycles. The summed E-state index contributed by atoms with van der Waals surface area (Å²) >= 11 is 0. The molecule has 3 rings (SSSR count). The first-order valence-electron chi connectivity index (χ1n) is 10.9. The van der Waals surface area contributed by atoms with Crippen LogP contribution < -0.4 is 10.6 Å². The van der Waals surface area contributed by atoms with E-state index in [1.165, 1.54) is 22.3 Å². The lowest BCUT2D eigenvalue weighted by Crippen LogP contribution is -2.38. The molecule has 0 saturated carbocycles. The van der Waals surface area contributed by atoms with Crippen LogP contribution in [0.1, 0.15) is 47.9 Å². The second-order valence-electron chi connectivity index (χ2n) is 8.06. The molecular formula is C25H35N3O2. The van der Waals surface area contributed by atoms with Crippen LogP contribution in [-0.4, -0.2) is 38.9 Å². The summed E-state index contributed by atoms with van der Waals surface area (Å²) in [6.07, 6.45) is 2.30. The first-order valence-corrected chi connectivity index (χ1v) is 10.9. The lowest BCUT2D eigenvalue weighted by Gasteiger charge is -2.22. The number of rotatable bonds is 8. The zero-order valence-electron chi connectivity index (χ0n) is 18.5. The van der Waals surface area contributed by atoms with Gasteiger partial charge in [-0.2, -0.15) is 0 Å². The van der Waals surface area contributed by atoms with Crippen LogP contribution in [0.15, 0.2) is 53.5 Å². The van der Waals surface area contributed by atoms with Gasteiger partial charge in [-0.3, -0.25) is 4.99 Å². The summed E-state index contributed by atoms with van der Waals surface area (Å²) in [7, 11) is 1.81. The third kappa shape index (κ3) is 7.15. The number of aryl methyl sites for hydroxylation is 1. The molecule has 1 fully saturated rings. The van der Waals surface area contributed by atoms with Crippen LogP contribution in [0.2, 0.25) is 0 Å². The highest BCUT2D eigenvalue weighted by Gasteiger charge is 2.14. The molecule has 0 aromatic heterocycles. The van der Waals surface area contributed by atoms with Gasteiger partial charge in [-0.25, -0.2) is 0 Å². The second-order valence-corrected chi connectivity index (χ2v) is 8.06. The van der Waals surface area contributed by atoms with Gasteiger partial charge in [0.25, 0.3) is 0 Å². The third-order valence-electron chi connectivity index (χ3n) is 5.52. The minimum Gasteiger partial charge on any atom is -0.381 e. The van der Waals surface area contributed by atoms with Crippen molar-refractivity contribution in [3.05, 3.63) is 70.8 Å². The largest absolute Gasteiger partial charge is 0.381 e. The first kappa shape index (κ1) is 22.3. The standard InChI is InChI=1S/C25H35N3O2/c1-19-6-4-9-23(14-19)20(2)16-27-25(26-3)28-17-21-7-5-8-22(15-21)18-30-24-10-12-29-13-11-24/h4-9,14-15,20,24H,10-13,16-18H2,1-3H3,(H2,26,27,28). The average molecular weight is 410 g/mol. The summed E-state index contributed by atoms with van der Waals surface area (Å²) in [6.45, 7) is 8.20. The van der Waals surface area contributed by atoms with Crippen LogP contribution >= 0.6 is 0 Å². The number of ether oxygens (including phenoxy) is 2. The van der Waals surface area contributed by atoms with Crippen LogP contribution in [0.5, 0.6) is 0 Å². The van der Waals surface area contributed by atoms with Gasteiger partial charge in [-0.05, 0) is 42.4 Å². The van der Waals surface area contributed by atoms with Crippen molar-refractivity contribution in [2.45, 2.75) is 51.9 Å². The van der Waals surface area contributed by atoms with Crippen molar-refractivity contribution in [1.29, 1.82) is 0 Å². The van der Waals surface area contributed by atoms with Gasteiger partial charge in [-0.1, -0.05) is 61.0 Å². The molecule has 2 aromatic rings. The van der Waals surface area contributed by atoms with E-state index in [0.717, 1.165) is 45.1 Å². The van der Waals surface area contributed by atoms with E-state index in [4.69, 9.17) is 9.47 Å². The number of nitrogens with one attached hydrogen (secondary N) is 2. The smallest absolute Gasteiger partial charge is 0.191 e. The third-order valence-corrected chi connectivity index (χ3v) is 5.52. The molecule has 0 aliphatic carbocycles. The van der Waals surface area contributed by atoms with Gasteiger partial charge in [-0.15, -0.1) is 0 Å². The van der Waals surface area contributed by atoms with Crippen LogP contribution in [-0.2, 0) is 22.6 Å². The molecule has 5 nitrogen and oxygen atoms in total. The topological polar surface area (TPSA) is 54.9 Å². The quantitative estimate of drug-likeness (QED) is 0.508. The average Bonchev–Trinajstić information content (AvgIpc) is 2.78.